The topological polar surface area (TPSA) is 96.1 Å². The number of aromatic nitrogens is 4. The van der Waals surface area contributed by atoms with Gasteiger partial charge in [-0.15, -0.1) is 5.10 Å². The molecule has 146 valence electrons. The van der Waals surface area contributed by atoms with Crippen LogP contribution >= 0.6 is 0 Å². The summed E-state index contributed by atoms with van der Waals surface area (Å²) in [4.78, 5) is 24.7. The number of rotatable bonds is 6. The van der Waals surface area contributed by atoms with Gasteiger partial charge in [-0.05, 0) is 24.8 Å². The van der Waals surface area contributed by atoms with E-state index in [2.05, 4.69) is 24.9 Å². The van der Waals surface area contributed by atoms with Gasteiger partial charge in [-0.1, -0.05) is 0 Å². The Kier molecular flexibility index (Phi) is 5.61. The van der Waals surface area contributed by atoms with E-state index in [1.807, 2.05) is 12.3 Å². The first-order valence-electron chi connectivity index (χ1n) is 9.61. The summed E-state index contributed by atoms with van der Waals surface area (Å²) in [5.41, 5.74) is 0. The predicted molar refractivity (Wildman–Crippen MR) is 97.2 cm³/mol. The number of carboxylic acids is 1. The highest BCUT2D eigenvalue weighted by Crippen LogP contribution is 2.27. The van der Waals surface area contributed by atoms with Crippen molar-refractivity contribution in [1.82, 2.24) is 29.4 Å². The van der Waals surface area contributed by atoms with Crippen LogP contribution < -0.4 is 0 Å². The van der Waals surface area contributed by atoms with E-state index in [-0.39, 0.29) is 6.42 Å². The van der Waals surface area contributed by atoms with E-state index < -0.39 is 5.97 Å². The third kappa shape index (κ3) is 4.42. The second-order valence-electron chi connectivity index (χ2n) is 7.32. The quantitative estimate of drug-likeness (QED) is 0.781. The lowest BCUT2D eigenvalue weighted by molar-refractivity contribution is -0.137. The molecule has 0 bridgehead atoms. The molecule has 0 saturated carbocycles. The normalized spacial score (nSPS) is 25.0. The number of fused-ring (bicyclic) bond motifs is 1. The van der Waals surface area contributed by atoms with Crippen molar-refractivity contribution in [3.05, 3.63) is 24.3 Å². The smallest absolute Gasteiger partial charge is 0.303 e. The Balaban J connectivity index is 1.43. The van der Waals surface area contributed by atoms with Crippen molar-refractivity contribution >= 4 is 11.7 Å². The number of likely N-dealkylation sites (tertiary alicyclic amines) is 1. The fourth-order valence-electron chi connectivity index (χ4n) is 4.26. The van der Waals surface area contributed by atoms with Crippen molar-refractivity contribution < 1.29 is 14.6 Å². The molecule has 2 saturated heterocycles. The lowest BCUT2D eigenvalue weighted by Crippen LogP contribution is -2.53. The highest BCUT2D eigenvalue weighted by Gasteiger charge is 2.34. The van der Waals surface area contributed by atoms with E-state index >= 15 is 0 Å². The van der Waals surface area contributed by atoms with E-state index in [1.54, 1.807) is 10.7 Å². The van der Waals surface area contributed by atoms with Crippen LogP contribution in [0.1, 0.15) is 25.1 Å². The Morgan fingerprint density at radius 2 is 2.15 bits per heavy atom. The molecule has 2 atom stereocenters. The molecule has 0 amide bonds. The van der Waals surface area contributed by atoms with E-state index in [0.717, 1.165) is 51.6 Å². The van der Waals surface area contributed by atoms with E-state index in [4.69, 9.17) is 9.84 Å². The van der Waals surface area contributed by atoms with Gasteiger partial charge >= 0.3 is 5.97 Å². The van der Waals surface area contributed by atoms with E-state index in [9.17, 15) is 4.79 Å². The summed E-state index contributed by atoms with van der Waals surface area (Å²) in [6.45, 7) is 5.92. The van der Waals surface area contributed by atoms with Crippen LogP contribution in [0.15, 0.2) is 18.5 Å². The van der Waals surface area contributed by atoms with Crippen LogP contribution in [-0.4, -0.2) is 85.9 Å². The molecule has 0 aromatic carbocycles. The third-order valence-electron chi connectivity index (χ3n) is 5.55. The maximum Gasteiger partial charge on any atom is 0.303 e. The molecule has 4 rings (SSSR count). The number of ether oxygens (including phenoxy) is 1. The van der Waals surface area contributed by atoms with Gasteiger partial charge in [-0.2, -0.15) is 4.98 Å². The average molecular weight is 374 g/mol. The van der Waals surface area contributed by atoms with Crippen molar-refractivity contribution in [3.8, 4) is 0 Å². The highest BCUT2D eigenvalue weighted by molar-refractivity contribution is 5.66. The molecule has 4 heterocycles. The first-order valence-corrected chi connectivity index (χ1v) is 9.61. The molecular weight excluding hydrogens is 348 g/mol. The fraction of sp³-hybridized carbons (Fsp3) is 0.667. The number of hydrogen-bond acceptors (Lipinski definition) is 7. The number of nitrogens with zero attached hydrogens (tertiary/aromatic N) is 6. The van der Waals surface area contributed by atoms with Crippen molar-refractivity contribution in [2.24, 2.45) is 5.92 Å². The Hall–Kier alpha value is -2.10. The van der Waals surface area contributed by atoms with E-state index in [0.29, 0.717) is 30.7 Å². The molecule has 0 radical (unpaired) electrons. The molecule has 0 unspecified atom stereocenters. The van der Waals surface area contributed by atoms with Crippen LogP contribution in [0.3, 0.4) is 0 Å². The van der Waals surface area contributed by atoms with Gasteiger partial charge in [0.2, 0.25) is 0 Å². The van der Waals surface area contributed by atoms with Crippen LogP contribution in [0.25, 0.3) is 5.78 Å². The number of carbonyl (C=O) groups is 1. The zero-order chi connectivity index (χ0) is 18.6. The summed E-state index contributed by atoms with van der Waals surface area (Å²) < 4.78 is 7.17. The monoisotopic (exact) mass is 374 g/mol. The summed E-state index contributed by atoms with van der Waals surface area (Å²) in [5, 5.41) is 13.6. The number of morpholine rings is 1. The highest BCUT2D eigenvalue weighted by atomic mass is 16.5. The van der Waals surface area contributed by atoms with Gasteiger partial charge in [0.05, 0.1) is 19.8 Å². The van der Waals surface area contributed by atoms with Gasteiger partial charge in [0.1, 0.15) is 0 Å². The number of carboxylic acid groups (broad SMARTS) is 1. The Bertz CT molecular complexity index is 742. The summed E-state index contributed by atoms with van der Waals surface area (Å²) in [5.74, 6) is 0.984. The standard InChI is InChI=1S/C18H26N6O3/c25-17(26)3-2-14-12-22(7-4-15(14)23-8-10-27-11-9-23)13-16-20-18-19-5-1-6-24(18)21-16/h1,5-6,14-15H,2-4,7-13H2,(H,25,26)/t14-,15+/m1/s1. The molecule has 9 nitrogen and oxygen atoms in total. The Labute approximate surface area is 157 Å². The van der Waals surface area contributed by atoms with Gasteiger partial charge in [-0.3, -0.25) is 14.6 Å². The average Bonchev–Trinajstić information content (AvgIpc) is 3.09. The lowest BCUT2D eigenvalue weighted by Gasteiger charge is -2.45. The predicted octanol–water partition coefficient (Wildman–Crippen LogP) is 0.512. The van der Waals surface area contributed by atoms with Crippen molar-refractivity contribution in [1.29, 1.82) is 0 Å². The van der Waals surface area contributed by atoms with Crippen molar-refractivity contribution in [2.75, 3.05) is 39.4 Å². The molecule has 1 N–H and O–H groups in total. The van der Waals surface area contributed by atoms with Crippen LogP contribution in [0.2, 0.25) is 0 Å². The van der Waals surface area contributed by atoms with Gasteiger partial charge in [0.25, 0.3) is 5.78 Å². The molecule has 0 aliphatic carbocycles. The molecule has 9 heteroatoms. The minimum absolute atomic E-state index is 0.218. The molecular formula is C18H26N6O3. The second-order valence-corrected chi connectivity index (χ2v) is 7.32. The fourth-order valence-corrected chi connectivity index (χ4v) is 4.26. The molecule has 2 fully saturated rings. The molecule has 2 aromatic heterocycles. The number of piperidine rings is 1. The molecule has 2 aliphatic rings. The zero-order valence-corrected chi connectivity index (χ0v) is 15.4. The first-order chi connectivity index (χ1) is 13.2. The molecule has 27 heavy (non-hydrogen) atoms. The van der Waals surface area contributed by atoms with Crippen LogP contribution in [0.4, 0.5) is 0 Å². The van der Waals surface area contributed by atoms with Crippen LogP contribution in [0.5, 0.6) is 0 Å². The molecule has 2 aliphatic heterocycles. The van der Waals surface area contributed by atoms with Gasteiger partial charge in [0.15, 0.2) is 5.82 Å². The summed E-state index contributed by atoms with van der Waals surface area (Å²) in [6, 6.07) is 2.27. The Morgan fingerprint density at radius 3 is 2.93 bits per heavy atom. The largest absolute Gasteiger partial charge is 0.481 e. The minimum atomic E-state index is -0.721. The maximum absolute atomic E-state index is 11.1. The number of hydrogen-bond donors (Lipinski definition) is 1. The summed E-state index contributed by atoms with van der Waals surface area (Å²) in [6.07, 6.45) is 5.52. The van der Waals surface area contributed by atoms with Gasteiger partial charge in [0, 0.05) is 51.0 Å². The SMILES string of the molecule is O=C(O)CC[C@@H]1CN(Cc2nc3ncccn3n2)CC[C@@H]1N1CCOCC1. The number of aliphatic carboxylic acids is 1. The minimum Gasteiger partial charge on any atom is -0.481 e. The third-order valence-corrected chi connectivity index (χ3v) is 5.55. The van der Waals surface area contributed by atoms with Crippen LogP contribution in [-0.2, 0) is 16.1 Å². The molecule has 0 spiro atoms. The summed E-state index contributed by atoms with van der Waals surface area (Å²) in [7, 11) is 0. The van der Waals surface area contributed by atoms with Crippen LogP contribution in [0, 0.1) is 5.92 Å². The van der Waals surface area contributed by atoms with Crippen molar-refractivity contribution in [2.45, 2.75) is 31.8 Å². The second kappa shape index (κ2) is 8.28. The van der Waals surface area contributed by atoms with Gasteiger partial charge in [-0.25, -0.2) is 9.50 Å². The molecule has 2 aromatic rings. The maximum atomic E-state index is 11.1. The first kappa shape index (κ1) is 18.3. The summed E-state index contributed by atoms with van der Waals surface area (Å²) >= 11 is 0. The van der Waals surface area contributed by atoms with Crippen molar-refractivity contribution in [3.63, 3.8) is 0 Å². The lowest BCUT2D eigenvalue weighted by atomic mass is 9.86. The van der Waals surface area contributed by atoms with Gasteiger partial charge < -0.3 is 9.84 Å². The van der Waals surface area contributed by atoms with E-state index in [1.165, 1.54) is 0 Å². The zero-order valence-electron chi connectivity index (χ0n) is 15.4. The Morgan fingerprint density at radius 1 is 1.30 bits per heavy atom.